The van der Waals surface area contributed by atoms with E-state index in [0.29, 0.717) is 4.88 Å². The van der Waals surface area contributed by atoms with Crippen LogP contribution in [0.25, 0.3) is 16.4 Å². The first-order valence-electron chi connectivity index (χ1n) is 7.77. The van der Waals surface area contributed by atoms with Gasteiger partial charge in [0.1, 0.15) is 6.33 Å². The largest absolute Gasteiger partial charge is 0.416 e. The number of carbonyl (C=O) groups is 1. The van der Waals surface area contributed by atoms with E-state index >= 15 is 0 Å². The average molecular weight is 405 g/mol. The predicted octanol–water partition coefficient (Wildman–Crippen LogP) is 3.39. The van der Waals surface area contributed by atoms with Gasteiger partial charge in [-0.2, -0.15) is 23.3 Å². The molecule has 3 aromatic heterocycles. The number of H-pyrrole nitrogens is 1. The number of benzene rings is 1. The van der Waals surface area contributed by atoms with Crippen LogP contribution in [0, 0.1) is 0 Å². The molecule has 1 amide bonds. The van der Waals surface area contributed by atoms with Crippen LogP contribution >= 0.6 is 11.3 Å². The Hall–Kier alpha value is -3.54. The van der Waals surface area contributed by atoms with Gasteiger partial charge in [-0.1, -0.05) is 12.1 Å². The van der Waals surface area contributed by atoms with E-state index in [9.17, 15) is 18.0 Å². The van der Waals surface area contributed by atoms with Gasteiger partial charge in [0.2, 0.25) is 11.8 Å². The molecule has 0 saturated heterocycles. The Kier molecular flexibility index (Phi) is 4.39. The third-order valence-corrected chi connectivity index (χ3v) is 4.48. The zero-order chi connectivity index (χ0) is 19.7. The fourth-order valence-corrected chi connectivity index (χ4v) is 3.10. The summed E-state index contributed by atoms with van der Waals surface area (Å²) in [6, 6.07) is 8.13. The standard InChI is InChI=1S/C16H10F3N7OS/c17-16(18,19)9-3-1-4-10(7-9)26-13(11-5-2-6-28-11)22-12(25-26)14(27)23-15-20-8-21-24-15/h1-8H,(H2,20,21,23,24,27). The Balaban J connectivity index is 1.78. The molecule has 0 aliphatic rings. The Labute approximate surface area is 159 Å². The highest BCUT2D eigenvalue weighted by Crippen LogP contribution is 2.32. The second kappa shape index (κ2) is 6.88. The van der Waals surface area contributed by atoms with Crippen molar-refractivity contribution in [3.05, 3.63) is 59.5 Å². The number of rotatable bonds is 4. The lowest BCUT2D eigenvalue weighted by Crippen LogP contribution is -2.15. The number of carbonyl (C=O) groups excluding carboxylic acids is 1. The maximum absolute atomic E-state index is 13.1. The molecule has 4 rings (SSSR count). The van der Waals surface area contributed by atoms with Gasteiger partial charge >= 0.3 is 6.18 Å². The molecule has 142 valence electrons. The van der Waals surface area contributed by atoms with Gasteiger partial charge in [0.25, 0.3) is 5.91 Å². The van der Waals surface area contributed by atoms with E-state index in [-0.39, 0.29) is 23.3 Å². The van der Waals surface area contributed by atoms with Gasteiger partial charge in [0.15, 0.2) is 5.82 Å². The number of amides is 1. The Morgan fingerprint density at radius 1 is 1.21 bits per heavy atom. The molecule has 0 saturated carbocycles. The van der Waals surface area contributed by atoms with Crippen LogP contribution in [0.3, 0.4) is 0 Å². The van der Waals surface area contributed by atoms with Gasteiger partial charge in [0.05, 0.1) is 16.1 Å². The first kappa shape index (κ1) is 17.9. The molecule has 0 radical (unpaired) electrons. The number of hydrogen-bond donors (Lipinski definition) is 2. The van der Waals surface area contributed by atoms with Gasteiger partial charge in [-0.25, -0.2) is 14.8 Å². The molecule has 4 aromatic rings. The Bertz CT molecular complexity index is 1100. The molecule has 0 aliphatic heterocycles. The maximum Gasteiger partial charge on any atom is 0.416 e. The van der Waals surface area contributed by atoms with E-state index in [0.717, 1.165) is 12.1 Å². The average Bonchev–Trinajstić information content (AvgIpc) is 3.41. The molecule has 28 heavy (non-hydrogen) atoms. The maximum atomic E-state index is 13.1. The zero-order valence-electron chi connectivity index (χ0n) is 13.8. The van der Waals surface area contributed by atoms with Crippen LogP contribution in [0.1, 0.15) is 16.2 Å². The number of halogens is 3. The summed E-state index contributed by atoms with van der Waals surface area (Å²) in [6.07, 6.45) is -3.30. The van der Waals surface area contributed by atoms with Gasteiger partial charge < -0.3 is 0 Å². The number of alkyl halides is 3. The minimum Gasteiger partial charge on any atom is -0.288 e. The minimum absolute atomic E-state index is 0.0955. The monoisotopic (exact) mass is 405 g/mol. The van der Waals surface area contributed by atoms with E-state index in [4.69, 9.17) is 0 Å². The highest BCUT2D eigenvalue weighted by molar-refractivity contribution is 7.13. The van der Waals surface area contributed by atoms with Gasteiger partial charge in [-0.3, -0.25) is 10.1 Å². The third kappa shape index (κ3) is 3.49. The summed E-state index contributed by atoms with van der Waals surface area (Å²) < 4.78 is 40.4. The lowest BCUT2D eigenvalue weighted by atomic mass is 10.2. The minimum atomic E-state index is -4.51. The highest BCUT2D eigenvalue weighted by Gasteiger charge is 2.31. The van der Waals surface area contributed by atoms with Crippen molar-refractivity contribution in [2.75, 3.05) is 5.32 Å². The molecular formula is C16H10F3N7OS. The van der Waals surface area contributed by atoms with Crippen molar-refractivity contribution in [2.24, 2.45) is 0 Å². The molecule has 0 aliphatic carbocycles. The van der Waals surface area contributed by atoms with Crippen LogP contribution in [0.4, 0.5) is 19.1 Å². The van der Waals surface area contributed by atoms with Crippen molar-refractivity contribution in [1.29, 1.82) is 0 Å². The van der Waals surface area contributed by atoms with E-state index < -0.39 is 17.6 Å². The summed E-state index contributed by atoms with van der Waals surface area (Å²) in [7, 11) is 0. The van der Waals surface area contributed by atoms with E-state index in [1.54, 1.807) is 17.5 Å². The van der Waals surface area contributed by atoms with E-state index in [2.05, 4.69) is 30.6 Å². The molecule has 12 heteroatoms. The van der Waals surface area contributed by atoms with Crippen molar-refractivity contribution in [3.63, 3.8) is 0 Å². The van der Waals surface area contributed by atoms with Crippen LogP contribution in [-0.2, 0) is 6.18 Å². The third-order valence-electron chi connectivity index (χ3n) is 3.62. The fraction of sp³-hybridized carbons (Fsp3) is 0.0625. The smallest absolute Gasteiger partial charge is 0.288 e. The summed E-state index contributed by atoms with van der Waals surface area (Å²) in [5.74, 6) is -0.562. The molecule has 0 atom stereocenters. The summed E-state index contributed by atoms with van der Waals surface area (Å²) in [5.41, 5.74) is -0.699. The van der Waals surface area contributed by atoms with Crippen LogP contribution < -0.4 is 5.32 Å². The summed E-state index contributed by atoms with van der Waals surface area (Å²) in [5, 5.41) is 14.4. The normalized spacial score (nSPS) is 11.5. The van der Waals surface area contributed by atoms with Crippen molar-refractivity contribution in [3.8, 4) is 16.4 Å². The fourth-order valence-electron chi connectivity index (χ4n) is 2.40. The Morgan fingerprint density at radius 3 is 2.75 bits per heavy atom. The molecule has 3 heterocycles. The van der Waals surface area contributed by atoms with Crippen molar-refractivity contribution in [2.45, 2.75) is 6.18 Å². The Morgan fingerprint density at radius 2 is 2.07 bits per heavy atom. The van der Waals surface area contributed by atoms with Crippen LogP contribution in [-0.4, -0.2) is 35.9 Å². The van der Waals surface area contributed by atoms with E-state index in [1.165, 1.54) is 34.5 Å². The van der Waals surface area contributed by atoms with Gasteiger partial charge in [-0.05, 0) is 29.6 Å². The highest BCUT2D eigenvalue weighted by atomic mass is 32.1. The number of anilines is 1. The first-order chi connectivity index (χ1) is 13.4. The van der Waals surface area contributed by atoms with Crippen molar-refractivity contribution in [1.82, 2.24) is 29.9 Å². The molecule has 0 unspecified atom stereocenters. The lowest BCUT2D eigenvalue weighted by Gasteiger charge is -2.09. The molecule has 8 nitrogen and oxygen atoms in total. The topological polar surface area (TPSA) is 101 Å². The van der Waals surface area contributed by atoms with Crippen molar-refractivity contribution >= 4 is 23.2 Å². The molecule has 2 N–H and O–H groups in total. The number of hydrogen-bond acceptors (Lipinski definition) is 6. The number of nitrogens with one attached hydrogen (secondary N) is 2. The number of aromatic nitrogens is 6. The molecule has 0 spiro atoms. The molecule has 0 bridgehead atoms. The van der Waals surface area contributed by atoms with E-state index in [1.807, 2.05) is 0 Å². The second-order valence-electron chi connectivity index (χ2n) is 5.48. The van der Waals surface area contributed by atoms with Gasteiger partial charge in [-0.15, -0.1) is 16.4 Å². The van der Waals surface area contributed by atoms with Gasteiger partial charge in [0, 0.05) is 0 Å². The second-order valence-corrected chi connectivity index (χ2v) is 6.43. The predicted molar refractivity (Wildman–Crippen MR) is 94.0 cm³/mol. The molecular weight excluding hydrogens is 395 g/mol. The summed E-state index contributed by atoms with van der Waals surface area (Å²) in [6.45, 7) is 0. The quantitative estimate of drug-likeness (QED) is 0.542. The number of aromatic amines is 1. The SMILES string of the molecule is O=C(Nc1ncn[nH]1)c1nc(-c2cccs2)n(-c2cccc(C(F)(F)F)c2)n1. The van der Waals surface area contributed by atoms with Crippen LogP contribution in [0.5, 0.6) is 0 Å². The summed E-state index contributed by atoms with van der Waals surface area (Å²) >= 11 is 1.32. The zero-order valence-corrected chi connectivity index (χ0v) is 14.6. The molecule has 0 fully saturated rings. The number of thiophene rings is 1. The first-order valence-corrected chi connectivity index (χ1v) is 8.65. The number of nitrogens with zero attached hydrogens (tertiary/aromatic N) is 5. The molecule has 1 aromatic carbocycles. The summed E-state index contributed by atoms with van der Waals surface area (Å²) in [4.78, 5) is 21.0. The van der Waals surface area contributed by atoms with Crippen molar-refractivity contribution < 1.29 is 18.0 Å². The van der Waals surface area contributed by atoms with Crippen LogP contribution in [0.2, 0.25) is 0 Å². The van der Waals surface area contributed by atoms with Crippen LogP contribution in [0.15, 0.2) is 48.1 Å². The lowest BCUT2D eigenvalue weighted by molar-refractivity contribution is -0.137.